The van der Waals surface area contributed by atoms with Crippen LogP contribution in [-0.4, -0.2) is 30.1 Å². The van der Waals surface area contributed by atoms with Gasteiger partial charge in [-0.15, -0.1) is 0 Å². The monoisotopic (exact) mass is 209 g/mol. The molecule has 0 aromatic carbocycles. The van der Waals surface area contributed by atoms with Crippen LogP contribution in [0.25, 0.3) is 0 Å². The van der Waals surface area contributed by atoms with E-state index < -0.39 is 6.09 Å². The third kappa shape index (κ3) is 1.89. The van der Waals surface area contributed by atoms with Crippen LogP contribution < -0.4 is 0 Å². The molecule has 1 fully saturated rings. The molecule has 4 heteroatoms. The van der Waals surface area contributed by atoms with Crippen LogP contribution in [0.2, 0.25) is 0 Å². The van der Waals surface area contributed by atoms with Gasteiger partial charge in [-0.05, 0) is 18.8 Å². The first kappa shape index (κ1) is 10.2. The highest BCUT2D eigenvalue weighted by Gasteiger charge is 2.35. The van der Waals surface area contributed by atoms with Crippen LogP contribution in [0.15, 0.2) is 12.2 Å². The highest BCUT2D eigenvalue weighted by molar-refractivity contribution is 5.94. The van der Waals surface area contributed by atoms with Crippen LogP contribution in [0.1, 0.15) is 19.8 Å². The van der Waals surface area contributed by atoms with Crippen LogP contribution in [0, 0.1) is 11.8 Å². The second kappa shape index (κ2) is 4.04. The fourth-order valence-electron chi connectivity index (χ4n) is 2.13. The summed E-state index contributed by atoms with van der Waals surface area (Å²) in [4.78, 5) is 24.5. The van der Waals surface area contributed by atoms with Crippen molar-refractivity contribution in [2.45, 2.75) is 19.8 Å². The van der Waals surface area contributed by atoms with Crippen molar-refractivity contribution in [1.29, 1.82) is 0 Å². The van der Waals surface area contributed by atoms with Gasteiger partial charge in [-0.3, -0.25) is 4.79 Å². The summed E-state index contributed by atoms with van der Waals surface area (Å²) >= 11 is 0. The highest BCUT2D eigenvalue weighted by atomic mass is 16.6. The largest absolute Gasteiger partial charge is 0.447 e. The topological polar surface area (TPSA) is 46.6 Å². The van der Waals surface area contributed by atoms with Crippen molar-refractivity contribution in [3.63, 3.8) is 0 Å². The Hall–Kier alpha value is -1.32. The van der Waals surface area contributed by atoms with Crippen molar-refractivity contribution in [3.05, 3.63) is 12.2 Å². The predicted molar refractivity (Wildman–Crippen MR) is 54.1 cm³/mol. The number of hydrogen-bond acceptors (Lipinski definition) is 3. The molecule has 2 rings (SSSR count). The van der Waals surface area contributed by atoms with Crippen LogP contribution in [0.3, 0.4) is 0 Å². The zero-order valence-electron chi connectivity index (χ0n) is 8.81. The van der Waals surface area contributed by atoms with Crippen LogP contribution in [0.5, 0.6) is 0 Å². The van der Waals surface area contributed by atoms with Crippen LogP contribution in [-0.2, 0) is 9.53 Å². The van der Waals surface area contributed by atoms with E-state index in [-0.39, 0.29) is 17.7 Å². The fraction of sp³-hybridized carbons (Fsp3) is 0.636. The first-order valence-corrected chi connectivity index (χ1v) is 5.35. The zero-order chi connectivity index (χ0) is 10.8. The van der Waals surface area contributed by atoms with E-state index in [2.05, 4.69) is 6.08 Å². The third-order valence-electron chi connectivity index (χ3n) is 3.06. The van der Waals surface area contributed by atoms with E-state index in [1.165, 1.54) is 4.90 Å². The van der Waals surface area contributed by atoms with Gasteiger partial charge in [-0.1, -0.05) is 19.1 Å². The Bertz CT molecular complexity index is 311. The van der Waals surface area contributed by atoms with Crippen molar-refractivity contribution in [2.75, 3.05) is 13.2 Å². The molecule has 0 saturated carbocycles. The number of hydrogen-bond donors (Lipinski definition) is 0. The summed E-state index contributed by atoms with van der Waals surface area (Å²) in [7, 11) is 0. The number of carbonyl (C=O) groups excluding carboxylic acids is 2. The Morgan fingerprint density at radius 3 is 3.00 bits per heavy atom. The van der Waals surface area contributed by atoms with Gasteiger partial charge in [0.25, 0.3) is 0 Å². The molecule has 1 aliphatic carbocycles. The Balaban J connectivity index is 2.07. The molecule has 0 aromatic rings. The first-order chi connectivity index (χ1) is 7.20. The molecule has 0 spiro atoms. The maximum Gasteiger partial charge on any atom is 0.416 e. The molecule has 2 aliphatic rings. The molecule has 0 N–H and O–H groups in total. The van der Waals surface area contributed by atoms with Gasteiger partial charge in [0.2, 0.25) is 5.91 Å². The smallest absolute Gasteiger partial charge is 0.416 e. The third-order valence-corrected chi connectivity index (χ3v) is 3.06. The molecule has 0 aromatic heterocycles. The summed E-state index contributed by atoms with van der Waals surface area (Å²) in [5.41, 5.74) is 0. The number of ether oxygens (including phenoxy) is 1. The van der Waals surface area contributed by atoms with Crippen molar-refractivity contribution in [3.8, 4) is 0 Å². The van der Waals surface area contributed by atoms with Gasteiger partial charge in [0.15, 0.2) is 0 Å². The fourth-order valence-corrected chi connectivity index (χ4v) is 2.13. The molecule has 82 valence electrons. The normalized spacial score (nSPS) is 30.5. The summed E-state index contributed by atoms with van der Waals surface area (Å²) in [6.45, 7) is 2.76. The summed E-state index contributed by atoms with van der Waals surface area (Å²) in [5.74, 6) is 0.0923. The van der Waals surface area contributed by atoms with Gasteiger partial charge in [0, 0.05) is 5.92 Å². The van der Waals surface area contributed by atoms with Gasteiger partial charge in [-0.25, -0.2) is 9.69 Å². The van der Waals surface area contributed by atoms with Gasteiger partial charge in [0.05, 0.1) is 6.54 Å². The van der Waals surface area contributed by atoms with Crippen LogP contribution in [0.4, 0.5) is 4.79 Å². The number of carbonyl (C=O) groups is 2. The Kier molecular flexibility index (Phi) is 2.75. The first-order valence-electron chi connectivity index (χ1n) is 5.35. The average molecular weight is 209 g/mol. The number of rotatable bonds is 1. The number of nitrogens with zero attached hydrogens (tertiary/aromatic N) is 1. The lowest BCUT2D eigenvalue weighted by Gasteiger charge is -2.25. The Morgan fingerprint density at radius 2 is 2.40 bits per heavy atom. The molecule has 4 nitrogen and oxygen atoms in total. The standard InChI is InChI=1S/C11H15NO3/c1-8-4-2-3-5-9(8)10(13)12-6-7-15-11(12)14/h2,4,8-9H,3,5-7H2,1H3/t8-,9+/m0/s1. The molecular formula is C11H15NO3. The summed E-state index contributed by atoms with van der Waals surface area (Å²) < 4.78 is 4.76. The van der Waals surface area contributed by atoms with Crippen molar-refractivity contribution < 1.29 is 14.3 Å². The zero-order valence-corrected chi connectivity index (χ0v) is 8.81. The highest BCUT2D eigenvalue weighted by Crippen LogP contribution is 2.27. The maximum absolute atomic E-state index is 12.0. The van der Waals surface area contributed by atoms with E-state index in [0.717, 1.165) is 12.8 Å². The average Bonchev–Trinajstić information content (AvgIpc) is 2.64. The lowest BCUT2D eigenvalue weighted by molar-refractivity contribution is -0.133. The lowest BCUT2D eigenvalue weighted by Crippen LogP contribution is -2.39. The van der Waals surface area contributed by atoms with Gasteiger partial charge in [-0.2, -0.15) is 0 Å². The molecule has 2 amide bonds. The molecule has 0 unspecified atom stereocenters. The molecule has 15 heavy (non-hydrogen) atoms. The van der Waals surface area contributed by atoms with E-state index in [1.54, 1.807) is 0 Å². The summed E-state index contributed by atoms with van der Waals surface area (Å²) in [6.07, 6.45) is 5.41. The van der Waals surface area contributed by atoms with Crippen LogP contribution >= 0.6 is 0 Å². The number of cyclic esters (lactones) is 1. The van der Waals surface area contributed by atoms with E-state index >= 15 is 0 Å². The molecule has 1 aliphatic heterocycles. The minimum Gasteiger partial charge on any atom is -0.447 e. The quantitative estimate of drug-likeness (QED) is 0.616. The molecule has 1 heterocycles. The van der Waals surface area contributed by atoms with Crippen molar-refractivity contribution in [1.82, 2.24) is 4.90 Å². The maximum atomic E-state index is 12.0. The minimum atomic E-state index is -0.484. The second-order valence-electron chi connectivity index (χ2n) is 4.08. The van der Waals surface area contributed by atoms with Crippen molar-refractivity contribution >= 4 is 12.0 Å². The number of imide groups is 1. The van der Waals surface area contributed by atoms with Gasteiger partial charge >= 0.3 is 6.09 Å². The summed E-state index contributed by atoms with van der Waals surface area (Å²) in [5, 5.41) is 0. The van der Waals surface area contributed by atoms with E-state index in [4.69, 9.17) is 4.74 Å². The number of amides is 2. The van der Waals surface area contributed by atoms with Crippen molar-refractivity contribution in [2.24, 2.45) is 11.8 Å². The molecule has 0 bridgehead atoms. The molecule has 1 saturated heterocycles. The van der Waals surface area contributed by atoms with E-state index in [1.807, 2.05) is 13.0 Å². The number of allylic oxidation sites excluding steroid dienone is 2. The second-order valence-corrected chi connectivity index (χ2v) is 4.08. The molecule has 0 radical (unpaired) electrons. The molecular weight excluding hydrogens is 194 g/mol. The van der Waals surface area contributed by atoms with E-state index in [9.17, 15) is 9.59 Å². The summed E-state index contributed by atoms with van der Waals surface area (Å²) in [6, 6.07) is 0. The minimum absolute atomic E-state index is 0.0550. The Labute approximate surface area is 88.9 Å². The Morgan fingerprint density at radius 1 is 1.60 bits per heavy atom. The molecule has 2 atom stereocenters. The predicted octanol–water partition coefficient (Wildman–Crippen LogP) is 1.57. The van der Waals surface area contributed by atoms with E-state index in [0.29, 0.717) is 13.2 Å². The SMILES string of the molecule is C[C@H]1C=CCC[C@H]1C(=O)N1CCOC1=O. The van der Waals surface area contributed by atoms with Gasteiger partial charge < -0.3 is 4.74 Å². The lowest BCUT2D eigenvalue weighted by atomic mass is 9.84. The van der Waals surface area contributed by atoms with Gasteiger partial charge in [0.1, 0.15) is 6.61 Å².